The van der Waals surface area contributed by atoms with Gasteiger partial charge in [0.15, 0.2) is 5.65 Å². The van der Waals surface area contributed by atoms with Crippen molar-refractivity contribution in [1.29, 1.82) is 0 Å². The first-order chi connectivity index (χ1) is 12.1. The summed E-state index contributed by atoms with van der Waals surface area (Å²) >= 11 is 0. The number of nitrogens with one attached hydrogen (secondary N) is 2. The fourth-order valence-electron chi connectivity index (χ4n) is 2.44. The first-order valence-electron chi connectivity index (χ1n) is 7.67. The molecule has 1 aromatic carbocycles. The van der Waals surface area contributed by atoms with Crippen LogP contribution in [0.2, 0.25) is 0 Å². The molecule has 0 saturated heterocycles. The maximum Gasteiger partial charge on any atom is 0.330 e. The molecule has 0 aliphatic heterocycles. The van der Waals surface area contributed by atoms with Crippen LogP contribution in [0.1, 0.15) is 5.56 Å². The van der Waals surface area contributed by atoms with Crippen molar-refractivity contribution in [2.24, 2.45) is 0 Å². The zero-order valence-electron chi connectivity index (χ0n) is 13.2. The molecule has 0 unspecified atom stereocenters. The average molecular weight is 345 g/mol. The molecule has 3 aromatic rings. The summed E-state index contributed by atoms with van der Waals surface area (Å²) in [6.07, 6.45) is 1.88. The van der Waals surface area contributed by atoms with E-state index in [0.29, 0.717) is 13.0 Å². The standard InChI is InChI=1S/C16H16FN5O3/c17-11-3-1-2-10(8-11)4-5-18-15-19-9-12-13(20-15)21-16(25)22(6-7-23)14(12)24/h1-3,8-9,23H,4-7H2,(H2,18,19,20,21,25). The molecule has 0 radical (unpaired) electrons. The maximum atomic E-state index is 13.1. The number of nitrogens with zero attached hydrogens (tertiary/aromatic N) is 3. The lowest BCUT2D eigenvalue weighted by molar-refractivity contribution is 0.272. The van der Waals surface area contributed by atoms with Crippen molar-refractivity contribution in [3.05, 3.63) is 62.7 Å². The molecule has 0 bridgehead atoms. The van der Waals surface area contributed by atoms with Gasteiger partial charge in [0.25, 0.3) is 5.56 Å². The molecule has 0 spiro atoms. The molecule has 9 heteroatoms. The Bertz CT molecular complexity index is 1010. The number of H-pyrrole nitrogens is 1. The van der Waals surface area contributed by atoms with E-state index in [1.807, 2.05) is 6.07 Å². The normalized spacial score (nSPS) is 11.0. The van der Waals surface area contributed by atoms with Crippen LogP contribution in [0.5, 0.6) is 0 Å². The molecule has 2 aromatic heterocycles. The Morgan fingerprint density at radius 3 is 2.92 bits per heavy atom. The average Bonchev–Trinajstić information content (AvgIpc) is 2.58. The molecule has 2 heterocycles. The SMILES string of the molecule is O=c1[nH]c2nc(NCCc3cccc(F)c3)ncc2c(=O)n1CCO. The van der Waals surface area contributed by atoms with Crippen molar-refractivity contribution < 1.29 is 9.50 Å². The number of anilines is 1. The fraction of sp³-hybridized carbons (Fsp3) is 0.250. The van der Waals surface area contributed by atoms with E-state index < -0.39 is 11.2 Å². The van der Waals surface area contributed by atoms with E-state index in [1.54, 1.807) is 6.07 Å². The molecule has 0 atom stereocenters. The van der Waals surface area contributed by atoms with Gasteiger partial charge >= 0.3 is 5.69 Å². The topological polar surface area (TPSA) is 113 Å². The summed E-state index contributed by atoms with van der Waals surface area (Å²) < 4.78 is 14.0. The van der Waals surface area contributed by atoms with Crippen LogP contribution in [-0.2, 0) is 13.0 Å². The van der Waals surface area contributed by atoms with Crippen LogP contribution in [0.25, 0.3) is 11.0 Å². The van der Waals surface area contributed by atoms with Gasteiger partial charge in [0.1, 0.15) is 11.2 Å². The van der Waals surface area contributed by atoms with Gasteiger partial charge in [-0.15, -0.1) is 0 Å². The van der Waals surface area contributed by atoms with Crippen molar-refractivity contribution in [1.82, 2.24) is 19.5 Å². The Hall–Kier alpha value is -3.07. The fourth-order valence-corrected chi connectivity index (χ4v) is 2.44. The molecule has 0 aliphatic rings. The number of hydrogen-bond acceptors (Lipinski definition) is 6. The number of benzene rings is 1. The highest BCUT2D eigenvalue weighted by Crippen LogP contribution is 2.07. The summed E-state index contributed by atoms with van der Waals surface area (Å²) in [6.45, 7) is 0.0353. The molecule has 25 heavy (non-hydrogen) atoms. The van der Waals surface area contributed by atoms with Crippen molar-refractivity contribution in [2.45, 2.75) is 13.0 Å². The number of aromatic nitrogens is 4. The lowest BCUT2D eigenvalue weighted by Gasteiger charge is -2.07. The number of fused-ring (bicyclic) bond motifs is 1. The third kappa shape index (κ3) is 3.72. The quantitative estimate of drug-likeness (QED) is 0.591. The molecule has 0 aliphatic carbocycles. The van der Waals surface area contributed by atoms with E-state index >= 15 is 0 Å². The monoisotopic (exact) mass is 345 g/mol. The van der Waals surface area contributed by atoms with E-state index in [4.69, 9.17) is 5.11 Å². The number of hydrogen-bond donors (Lipinski definition) is 3. The molecule has 0 amide bonds. The van der Waals surface area contributed by atoms with Crippen LogP contribution in [0.4, 0.5) is 10.3 Å². The molecule has 130 valence electrons. The van der Waals surface area contributed by atoms with Crippen LogP contribution in [0, 0.1) is 5.82 Å². The highest BCUT2D eigenvalue weighted by atomic mass is 19.1. The zero-order chi connectivity index (χ0) is 17.8. The Labute approximate surface area is 141 Å². The molecular weight excluding hydrogens is 329 g/mol. The van der Waals surface area contributed by atoms with Crippen LogP contribution < -0.4 is 16.6 Å². The highest BCUT2D eigenvalue weighted by molar-refractivity contribution is 5.73. The molecule has 0 saturated carbocycles. The van der Waals surface area contributed by atoms with Gasteiger partial charge in [0.2, 0.25) is 5.95 Å². The van der Waals surface area contributed by atoms with E-state index in [1.165, 1.54) is 18.3 Å². The van der Waals surface area contributed by atoms with Gasteiger partial charge in [-0.25, -0.2) is 14.2 Å². The van der Waals surface area contributed by atoms with Gasteiger partial charge in [-0.2, -0.15) is 4.98 Å². The van der Waals surface area contributed by atoms with Crippen molar-refractivity contribution in [2.75, 3.05) is 18.5 Å². The molecule has 3 rings (SSSR count). The van der Waals surface area contributed by atoms with Crippen molar-refractivity contribution >= 4 is 17.0 Å². The molecule has 3 N–H and O–H groups in total. The lowest BCUT2D eigenvalue weighted by Crippen LogP contribution is -2.36. The zero-order valence-corrected chi connectivity index (χ0v) is 13.2. The highest BCUT2D eigenvalue weighted by Gasteiger charge is 2.09. The second-order valence-corrected chi connectivity index (χ2v) is 5.37. The van der Waals surface area contributed by atoms with Gasteiger partial charge < -0.3 is 10.4 Å². The summed E-state index contributed by atoms with van der Waals surface area (Å²) in [5, 5.41) is 12.0. The number of aromatic amines is 1. The smallest absolute Gasteiger partial charge is 0.330 e. The minimum atomic E-state index is -0.643. The predicted octanol–water partition coefficient (Wildman–Crippen LogP) is 0.266. The second kappa shape index (κ2) is 7.22. The first-order valence-corrected chi connectivity index (χ1v) is 7.67. The van der Waals surface area contributed by atoms with Gasteiger partial charge in [-0.1, -0.05) is 12.1 Å². The minimum Gasteiger partial charge on any atom is -0.395 e. The van der Waals surface area contributed by atoms with Gasteiger partial charge in [-0.3, -0.25) is 14.3 Å². The number of aliphatic hydroxyl groups is 1. The maximum absolute atomic E-state index is 13.1. The van der Waals surface area contributed by atoms with Crippen LogP contribution in [0.3, 0.4) is 0 Å². The van der Waals surface area contributed by atoms with Gasteiger partial charge in [0, 0.05) is 12.7 Å². The molecule has 0 fully saturated rings. The first kappa shape index (κ1) is 16.8. The third-order valence-electron chi connectivity index (χ3n) is 3.64. The minimum absolute atomic E-state index is 0.0995. The van der Waals surface area contributed by atoms with Crippen LogP contribution in [-0.4, -0.2) is 37.8 Å². The Morgan fingerprint density at radius 1 is 1.32 bits per heavy atom. The van der Waals surface area contributed by atoms with Crippen molar-refractivity contribution in [3.63, 3.8) is 0 Å². The summed E-state index contributed by atoms with van der Waals surface area (Å²) in [6, 6.07) is 6.28. The summed E-state index contributed by atoms with van der Waals surface area (Å²) in [4.78, 5) is 34.7. The molecular formula is C16H16FN5O3. The van der Waals surface area contributed by atoms with Crippen LogP contribution in [0.15, 0.2) is 40.1 Å². The largest absolute Gasteiger partial charge is 0.395 e. The van der Waals surface area contributed by atoms with Gasteiger partial charge in [-0.05, 0) is 24.1 Å². The second-order valence-electron chi connectivity index (χ2n) is 5.37. The van der Waals surface area contributed by atoms with E-state index in [2.05, 4.69) is 20.3 Å². The Kier molecular flexibility index (Phi) is 4.85. The Morgan fingerprint density at radius 2 is 2.16 bits per heavy atom. The number of rotatable bonds is 6. The molecule has 8 nitrogen and oxygen atoms in total. The lowest BCUT2D eigenvalue weighted by atomic mass is 10.1. The third-order valence-corrected chi connectivity index (χ3v) is 3.64. The van der Waals surface area contributed by atoms with E-state index in [0.717, 1.165) is 10.1 Å². The Balaban J connectivity index is 1.78. The number of aliphatic hydroxyl groups excluding tert-OH is 1. The van der Waals surface area contributed by atoms with Gasteiger partial charge in [0.05, 0.1) is 13.2 Å². The van der Waals surface area contributed by atoms with E-state index in [-0.39, 0.29) is 36.0 Å². The summed E-state index contributed by atoms with van der Waals surface area (Å²) in [5.41, 5.74) is -0.254. The van der Waals surface area contributed by atoms with Crippen molar-refractivity contribution in [3.8, 4) is 0 Å². The summed E-state index contributed by atoms with van der Waals surface area (Å²) in [7, 11) is 0. The predicted molar refractivity (Wildman–Crippen MR) is 90.1 cm³/mol. The number of halogens is 1. The summed E-state index contributed by atoms with van der Waals surface area (Å²) in [5.74, 6) is -0.0462. The van der Waals surface area contributed by atoms with Crippen LogP contribution >= 0.6 is 0 Å². The van der Waals surface area contributed by atoms with E-state index in [9.17, 15) is 14.0 Å².